The lowest BCUT2D eigenvalue weighted by Gasteiger charge is -2.48. The van der Waals surface area contributed by atoms with E-state index in [-0.39, 0.29) is 0 Å². The fourth-order valence-electron chi connectivity index (χ4n) is 3.40. The van der Waals surface area contributed by atoms with E-state index in [1.165, 1.54) is 0 Å². The molecule has 3 heterocycles. The summed E-state index contributed by atoms with van der Waals surface area (Å²) in [7, 11) is 0. The molecule has 0 unspecified atom stereocenters. The minimum Gasteiger partial charge on any atom is -0.390 e. The van der Waals surface area contributed by atoms with Gasteiger partial charge in [-0.3, -0.25) is 4.90 Å². The van der Waals surface area contributed by atoms with Gasteiger partial charge in [-0.05, 0) is 26.2 Å². The highest BCUT2D eigenvalue weighted by Crippen LogP contribution is 2.35. The van der Waals surface area contributed by atoms with Gasteiger partial charge in [0.05, 0.1) is 30.3 Å². The van der Waals surface area contributed by atoms with E-state index >= 15 is 0 Å². The minimum atomic E-state index is -0.757. The van der Waals surface area contributed by atoms with E-state index < -0.39 is 17.8 Å². The van der Waals surface area contributed by atoms with Crippen LogP contribution in [-0.2, 0) is 17.8 Å². The minimum absolute atomic E-state index is 0.529. The van der Waals surface area contributed by atoms with Crippen LogP contribution in [0.4, 0.5) is 0 Å². The number of ether oxygens (including phenoxy) is 1. The van der Waals surface area contributed by atoms with Gasteiger partial charge in [-0.2, -0.15) is 0 Å². The van der Waals surface area contributed by atoms with E-state index in [9.17, 15) is 10.2 Å². The second-order valence-electron chi connectivity index (χ2n) is 6.19. The molecular formula is C15H25N3O3. The van der Waals surface area contributed by atoms with Crippen LogP contribution in [0, 0.1) is 0 Å². The Labute approximate surface area is 125 Å². The molecule has 1 aromatic heterocycles. The average Bonchev–Trinajstić information content (AvgIpc) is 2.95. The first-order valence-electron chi connectivity index (χ1n) is 7.86. The summed E-state index contributed by atoms with van der Waals surface area (Å²) in [6.07, 6.45) is 4.60. The molecule has 0 aromatic carbocycles. The van der Waals surface area contributed by atoms with Crippen molar-refractivity contribution in [3.8, 4) is 0 Å². The highest BCUT2D eigenvalue weighted by Gasteiger charge is 2.47. The monoisotopic (exact) mass is 295 g/mol. The Morgan fingerprint density at radius 1 is 1.38 bits per heavy atom. The molecule has 6 nitrogen and oxygen atoms in total. The van der Waals surface area contributed by atoms with Crippen LogP contribution in [0.3, 0.4) is 0 Å². The lowest BCUT2D eigenvalue weighted by atomic mass is 9.80. The van der Waals surface area contributed by atoms with Crippen LogP contribution in [0.5, 0.6) is 0 Å². The lowest BCUT2D eigenvalue weighted by molar-refractivity contribution is -0.214. The number of rotatable bonds is 3. The molecule has 0 radical (unpaired) electrons. The Kier molecular flexibility index (Phi) is 4.31. The van der Waals surface area contributed by atoms with Crippen molar-refractivity contribution in [2.75, 3.05) is 19.7 Å². The van der Waals surface area contributed by atoms with E-state index in [2.05, 4.69) is 27.6 Å². The van der Waals surface area contributed by atoms with E-state index in [0.29, 0.717) is 13.0 Å². The molecule has 2 atom stereocenters. The summed E-state index contributed by atoms with van der Waals surface area (Å²) in [6.45, 7) is 6.14. The van der Waals surface area contributed by atoms with E-state index in [1.807, 2.05) is 6.33 Å². The van der Waals surface area contributed by atoms with Crippen molar-refractivity contribution in [3.05, 3.63) is 18.2 Å². The summed E-state index contributed by atoms with van der Waals surface area (Å²) in [5, 5.41) is 20.1. The van der Waals surface area contributed by atoms with Crippen molar-refractivity contribution in [3.63, 3.8) is 0 Å². The number of nitrogens with zero attached hydrogens (tertiary/aromatic N) is 3. The van der Waals surface area contributed by atoms with E-state index in [1.54, 1.807) is 0 Å². The molecule has 118 valence electrons. The maximum Gasteiger partial charge on any atom is 0.109 e. The van der Waals surface area contributed by atoms with Crippen LogP contribution in [-0.4, -0.2) is 62.2 Å². The molecule has 2 aliphatic rings. The second kappa shape index (κ2) is 6.04. The Morgan fingerprint density at radius 3 is 2.81 bits per heavy atom. The van der Waals surface area contributed by atoms with Crippen LogP contribution < -0.4 is 0 Å². The van der Waals surface area contributed by atoms with Gasteiger partial charge < -0.3 is 19.5 Å². The number of piperidine rings is 1. The Balaban J connectivity index is 1.57. The fourth-order valence-corrected chi connectivity index (χ4v) is 3.40. The van der Waals surface area contributed by atoms with E-state index in [4.69, 9.17) is 4.74 Å². The first-order chi connectivity index (χ1) is 10.1. The van der Waals surface area contributed by atoms with Gasteiger partial charge in [-0.15, -0.1) is 0 Å². The maximum absolute atomic E-state index is 10.3. The third-order valence-corrected chi connectivity index (χ3v) is 4.85. The van der Waals surface area contributed by atoms with Crippen molar-refractivity contribution in [2.45, 2.75) is 57.1 Å². The predicted octanol–water partition coefficient (Wildman–Crippen LogP) is 0.380. The highest BCUT2D eigenvalue weighted by molar-refractivity contribution is 5.01. The second-order valence-corrected chi connectivity index (χ2v) is 6.19. The summed E-state index contributed by atoms with van der Waals surface area (Å²) in [5.41, 5.74) is 0.537. The molecular weight excluding hydrogens is 270 g/mol. The average molecular weight is 295 g/mol. The molecule has 0 bridgehead atoms. The number of imidazole rings is 1. The molecule has 2 fully saturated rings. The van der Waals surface area contributed by atoms with Crippen molar-refractivity contribution >= 4 is 0 Å². The van der Waals surface area contributed by atoms with Gasteiger partial charge in [0, 0.05) is 32.4 Å². The molecule has 21 heavy (non-hydrogen) atoms. The van der Waals surface area contributed by atoms with E-state index in [0.717, 1.165) is 44.7 Å². The van der Waals surface area contributed by atoms with Crippen LogP contribution in [0.2, 0.25) is 0 Å². The maximum atomic E-state index is 10.3. The molecule has 3 rings (SSSR count). The largest absolute Gasteiger partial charge is 0.390 e. The summed E-state index contributed by atoms with van der Waals surface area (Å²) in [6, 6.07) is 0. The summed E-state index contributed by atoms with van der Waals surface area (Å²) in [4.78, 5) is 6.75. The molecule has 0 aliphatic carbocycles. The van der Waals surface area contributed by atoms with Crippen molar-refractivity contribution in [1.82, 2.24) is 14.5 Å². The molecule has 2 N–H and O–H groups in total. The summed E-state index contributed by atoms with van der Waals surface area (Å²) in [5.74, 6) is 0. The van der Waals surface area contributed by atoms with Crippen LogP contribution in [0.1, 0.15) is 31.9 Å². The van der Waals surface area contributed by atoms with Gasteiger partial charge >= 0.3 is 0 Å². The zero-order valence-electron chi connectivity index (χ0n) is 12.6. The van der Waals surface area contributed by atoms with Gasteiger partial charge in [0.25, 0.3) is 0 Å². The van der Waals surface area contributed by atoms with Crippen molar-refractivity contribution < 1.29 is 14.9 Å². The quantitative estimate of drug-likeness (QED) is 0.843. The van der Waals surface area contributed by atoms with Crippen molar-refractivity contribution in [2.24, 2.45) is 0 Å². The first kappa shape index (κ1) is 15.0. The van der Waals surface area contributed by atoms with Gasteiger partial charge in [0.2, 0.25) is 0 Å². The molecule has 6 heteroatoms. The zero-order valence-corrected chi connectivity index (χ0v) is 12.6. The summed E-state index contributed by atoms with van der Waals surface area (Å²) < 4.78 is 7.93. The van der Waals surface area contributed by atoms with Crippen LogP contribution >= 0.6 is 0 Å². The van der Waals surface area contributed by atoms with Gasteiger partial charge in [0.15, 0.2) is 0 Å². The SMILES string of the molecule is CCn1cnc(CN2CCC3(CC2)OCC[C@H](O)[C@@H]3O)c1. The van der Waals surface area contributed by atoms with Gasteiger partial charge in [0.1, 0.15) is 6.10 Å². The van der Waals surface area contributed by atoms with Gasteiger partial charge in [-0.25, -0.2) is 4.98 Å². The molecule has 0 amide bonds. The number of aliphatic hydroxyl groups is 2. The first-order valence-corrected chi connectivity index (χ1v) is 7.86. The zero-order chi connectivity index (χ0) is 14.9. The predicted molar refractivity (Wildman–Crippen MR) is 77.7 cm³/mol. The van der Waals surface area contributed by atoms with Gasteiger partial charge in [-0.1, -0.05) is 0 Å². The fraction of sp³-hybridized carbons (Fsp3) is 0.800. The molecule has 2 aliphatic heterocycles. The van der Waals surface area contributed by atoms with Crippen molar-refractivity contribution in [1.29, 1.82) is 0 Å². The Morgan fingerprint density at radius 2 is 2.14 bits per heavy atom. The van der Waals surface area contributed by atoms with Crippen LogP contribution in [0.25, 0.3) is 0 Å². The standard InChI is InChI=1S/C15H25N3O3/c1-2-17-9-12(16-11-17)10-18-6-4-15(5-7-18)14(20)13(19)3-8-21-15/h9,11,13-14,19-20H,2-8,10H2,1H3/t13-,14-/m0/s1. The number of aromatic nitrogens is 2. The Bertz CT molecular complexity index is 468. The number of aliphatic hydroxyl groups excluding tert-OH is 2. The number of hydrogen-bond donors (Lipinski definition) is 2. The number of likely N-dealkylation sites (tertiary alicyclic amines) is 1. The number of aryl methyl sites for hydroxylation is 1. The normalized spacial score (nSPS) is 29.9. The topological polar surface area (TPSA) is 70.8 Å². The molecule has 2 saturated heterocycles. The summed E-state index contributed by atoms with van der Waals surface area (Å²) >= 11 is 0. The third kappa shape index (κ3) is 2.99. The Hall–Kier alpha value is -0.950. The number of hydrogen-bond acceptors (Lipinski definition) is 5. The van der Waals surface area contributed by atoms with Crippen LogP contribution in [0.15, 0.2) is 12.5 Å². The molecule has 1 aromatic rings. The lowest BCUT2D eigenvalue weighted by Crippen LogP contribution is -2.59. The third-order valence-electron chi connectivity index (χ3n) is 4.85. The molecule has 0 saturated carbocycles. The highest BCUT2D eigenvalue weighted by atomic mass is 16.5. The smallest absolute Gasteiger partial charge is 0.109 e. The molecule has 1 spiro atoms.